The Balaban J connectivity index is 2.92. The third-order valence-electron chi connectivity index (χ3n) is 0.460. The van der Waals surface area contributed by atoms with Crippen molar-refractivity contribution in [3.63, 3.8) is 0 Å². The van der Waals surface area contributed by atoms with Crippen LogP contribution in [0.2, 0.25) is 0 Å². The third kappa shape index (κ3) is 5.10. The van der Waals surface area contributed by atoms with Gasteiger partial charge in [0.05, 0.1) is 0 Å². The summed E-state index contributed by atoms with van der Waals surface area (Å²) in [7, 11) is 0. The minimum Gasteiger partial charge on any atom is -0.342 e. The summed E-state index contributed by atoms with van der Waals surface area (Å²) in [6.45, 7) is 6.05. The largest absolute Gasteiger partial charge is 0.342 e. The Morgan fingerprint density at radius 1 is 1.86 bits per heavy atom. The van der Waals surface area contributed by atoms with Gasteiger partial charge in [-0.25, -0.2) is 0 Å². The van der Waals surface area contributed by atoms with Crippen LogP contribution in [0.15, 0.2) is 12.7 Å². The highest BCUT2D eigenvalue weighted by atomic mass is 14.8. The second-order valence-electron chi connectivity index (χ2n) is 1.04. The zero-order chi connectivity index (χ0) is 5.54. The van der Waals surface area contributed by atoms with Crippen molar-refractivity contribution in [2.75, 3.05) is 6.54 Å². The van der Waals surface area contributed by atoms with Gasteiger partial charge in [0.1, 0.15) is 0 Å². The van der Waals surface area contributed by atoms with Gasteiger partial charge in [0.15, 0.2) is 0 Å². The van der Waals surface area contributed by atoms with E-state index in [1.54, 1.807) is 13.0 Å². The quantitative estimate of drug-likeness (QED) is 0.231. The first-order valence-corrected chi connectivity index (χ1v) is 2.17. The van der Waals surface area contributed by atoms with Crippen LogP contribution in [0.25, 0.3) is 0 Å². The molecule has 0 radical (unpaired) electrons. The lowest BCUT2D eigenvalue weighted by atomic mass is 10.6. The molecule has 0 aliphatic carbocycles. The van der Waals surface area contributed by atoms with Crippen molar-refractivity contribution >= 4 is 0 Å². The van der Waals surface area contributed by atoms with Gasteiger partial charge in [-0.2, -0.15) is 0 Å². The standard InChI is InChI=1S/C6H9N/c1-3-5-7-6-4-2/h3,7H,1,5H2,2H3. The second kappa shape index (κ2) is 5.10. The van der Waals surface area contributed by atoms with Crippen LogP contribution in [0.4, 0.5) is 0 Å². The molecule has 7 heavy (non-hydrogen) atoms. The molecule has 0 spiro atoms. The van der Waals surface area contributed by atoms with Gasteiger partial charge in [-0.15, -0.1) is 6.58 Å². The molecule has 0 heterocycles. The van der Waals surface area contributed by atoms with Crippen LogP contribution in [0.1, 0.15) is 6.92 Å². The van der Waals surface area contributed by atoms with Crippen LogP contribution >= 0.6 is 0 Å². The maximum atomic E-state index is 3.50. The van der Waals surface area contributed by atoms with Crippen LogP contribution in [0.5, 0.6) is 0 Å². The van der Waals surface area contributed by atoms with E-state index in [-0.39, 0.29) is 0 Å². The Labute approximate surface area is 44.4 Å². The molecule has 0 atom stereocenters. The fraction of sp³-hybridized carbons (Fsp3) is 0.333. The molecule has 1 N–H and O–H groups in total. The van der Waals surface area contributed by atoms with Crippen molar-refractivity contribution in [3.8, 4) is 12.0 Å². The van der Waals surface area contributed by atoms with Gasteiger partial charge in [0, 0.05) is 12.6 Å². The molecule has 0 bridgehead atoms. The van der Waals surface area contributed by atoms with Gasteiger partial charge in [0.2, 0.25) is 0 Å². The van der Waals surface area contributed by atoms with E-state index in [0.29, 0.717) is 0 Å². The molecule has 0 amide bonds. The lowest BCUT2D eigenvalue weighted by molar-refractivity contribution is 1.03. The highest BCUT2D eigenvalue weighted by Gasteiger charge is 1.61. The molecule has 0 aliphatic rings. The maximum Gasteiger partial charge on any atom is 0.0407 e. The van der Waals surface area contributed by atoms with Crippen molar-refractivity contribution < 1.29 is 0 Å². The normalized spacial score (nSPS) is 5.86. The van der Waals surface area contributed by atoms with Crippen LogP contribution in [-0.4, -0.2) is 6.54 Å². The lowest BCUT2D eigenvalue weighted by Gasteiger charge is -1.83. The Bertz CT molecular complexity index is 94.5. The number of rotatable bonds is 2. The lowest BCUT2D eigenvalue weighted by Crippen LogP contribution is -2.02. The molecule has 0 fully saturated rings. The summed E-state index contributed by atoms with van der Waals surface area (Å²) in [5.41, 5.74) is 0. The van der Waals surface area contributed by atoms with E-state index >= 15 is 0 Å². The fourth-order valence-corrected chi connectivity index (χ4v) is 0.212. The molecule has 0 rings (SSSR count). The van der Waals surface area contributed by atoms with E-state index in [2.05, 4.69) is 23.9 Å². The maximum absolute atomic E-state index is 3.50. The Hall–Kier alpha value is -0.900. The first kappa shape index (κ1) is 6.10. The van der Waals surface area contributed by atoms with Gasteiger partial charge in [-0.05, 0) is 6.92 Å². The number of nitrogens with one attached hydrogen (secondary N) is 1. The Morgan fingerprint density at radius 2 is 2.57 bits per heavy atom. The molecule has 0 aromatic carbocycles. The van der Waals surface area contributed by atoms with Crippen molar-refractivity contribution in [2.24, 2.45) is 0 Å². The van der Waals surface area contributed by atoms with Crippen LogP contribution in [0.3, 0.4) is 0 Å². The monoisotopic (exact) mass is 95.1 g/mol. The molecule has 0 aromatic rings. The highest BCUT2D eigenvalue weighted by Crippen LogP contribution is 1.53. The average Bonchev–Trinajstić information content (AvgIpc) is 1.69. The molecule has 0 saturated heterocycles. The van der Waals surface area contributed by atoms with Gasteiger partial charge in [-0.3, -0.25) is 0 Å². The minimum atomic E-state index is 0.765. The van der Waals surface area contributed by atoms with Gasteiger partial charge < -0.3 is 5.32 Å². The number of hydrogen-bond donors (Lipinski definition) is 1. The van der Waals surface area contributed by atoms with Crippen LogP contribution in [-0.2, 0) is 0 Å². The summed E-state index contributed by atoms with van der Waals surface area (Å²) in [6.07, 6.45) is 1.77. The smallest absolute Gasteiger partial charge is 0.0407 e. The van der Waals surface area contributed by atoms with Gasteiger partial charge >= 0.3 is 0 Å². The predicted octanol–water partition coefficient (Wildman–Crippen LogP) is 0.743. The summed E-state index contributed by atoms with van der Waals surface area (Å²) < 4.78 is 0. The third-order valence-corrected chi connectivity index (χ3v) is 0.460. The van der Waals surface area contributed by atoms with E-state index in [9.17, 15) is 0 Å². The fourth-order valence-electron chi connectivity index (χ4n) is 0.212. The molecule has 0 saturated carbocycles. The molecule has 1 nitrogen and oxygen atoms in total. The van der Waals surface area contributed by atoms with E-state index in [0.717, 1.165) is 6.54 Å². The molecule has 0 unspecified atom stereocenters. The molecule has 38 valence electrons. The molecule has 0 aliphatic heterocycles. The van der Waals surface area contributed by atoms with Crippen LogP contribution in [0, 0.1) is 12.0 Å². The Kier molecular flexibility index (Phi) is 4.44. The second-order valence-corrected chi connectivity index (χ2v) is 1.04. The molecule has 0 aromatic heterocycles. The van der Waals surface area contributed by atoms with Gasteiger partial charge in [-0.1, -0.05) is 12.0 Å². The minimum absolute atomic E-state index is 0.765. The first-order chi connectivity index (χ1) is 3.41. The van der Waals surface area contributed by atoms with Crippen molar-refractivity contribution in [2.45, 2.75) is 6.92 Å². The Morgan fingerprint density at radius 3 is 3.00 bits per heavy atom. The van der Waals surface area contributed by atoms with Crippen molar-refractivity contribution in [1.29, 1.82) is 0 Å². The molecular weight excluding hydrogens is 86.1 g/mol. The van der Waals surface area contributed by atoms with E-state index in [1.165, 1.54) is 0 Å². The summed E-state index contributed by atoms with van der Waals surface area (Å²) in [5.74, 6) is 2.69. The van der Waals surface area contributed by atoms with Crippen molar-refractivity contribution in [1.82, 2.24) is 5.32 Å². The SMILES string of the molecule is C=CCNC#CC. The van der Waals surface area contributed by atoms with Crippen LogP contribution < -0.4 is 5.32 Å². The van der Waals surface area contributed by atoms with E-state index < -0.39 is 0 Å². The summed E-state index contributed by atoms with van der Waals surface area (Å²) in [6, 6.07) is 2.68. The van der Waals surface area contributed by atoms with Crippen molar-refractivity contribution in [3.05, 3.63) is 12.7 Å². The summed E-state index contributed by atoms with van der Waals surface area (Å²) in [4.78, 5) is 0. The van der Waals surface area contributed by atoms with E-state index in [4.69, 9.17) is 0 Å². The first-order valence-electron chi connectivity index (χ1n) is 2.17. The average molecular weight is 95.1 g/mol. The highest BCUT2D eigenvalue weighted by molar-refractivity contribution is 4.93. The van der Waals surface area contributed by atoms with E-state index in [1.807, 2.05) is 0 Å². The summed E-state index contributed by atoms with van der Waals surface area (Å²) >= 11 is 0. The molecule has 1 heteroatoms. The topological polar surface area (TPSA) is 12.0 Å². The summed E-state index contributed by atoms with van der Waals surface area (Å²) in [5, 5.41) is 2.81. The molecular formula is C6H9N. The predicted molar refractivity (Wildman–Crippen MR) is 31.6 cm³/mol. The zero-order valence-corrected chi connectivity index (χ0v) is 4.49. The van der Waals surface area contributed by atoms with Gasteiger partial charge in [0.25, 0.3) is 0 Å². The zero-order valence-electron chi connectivity index (χ0n) is 4.49. The number of hydrogen-bond acceptors (Lipinski definition) is 1.